The second-order valence-electron chi connectivity index (χ2n) is 12.4. The zero-order chi connectivity index (χ0) is 33.7. The third-order valence-electron chi connectivity index (χ3n) is 8.43. The van der Waals surface area contributed by atoms with Gasteiger partial charge in [0.05, 0.1) is 30.2 Å². The van der Waals surface area contributed by atoms with E-state index in [1.54, 1.807) is 12.1 Å². The van der Waals surface area contributed by atoms with E-state index in [-0.39, 0.29) is 30.6 Å². The summed E-state index contributed by atoms with van der Waals surface area (Å²) in [5.41, 5.74) is 11.8. The lowest BCUT2D eigenvalue weighted by atomic mass is 9.99. The number of aliphatic hydroxyl groups is 1. The molecule has 0 unspecified atom stereocenters. The fourth-order valence-electron chi connectivity index (χ4n) is 5.86. The number of nitrogen functional groups attached to an aromatic ring is 1. The van der Waals surface area contributed by atoms with Gasteiger partial charge in [-0.25, -0.2) is 0 Å². The van der Waals surface area contributed by atoms with Gasteiger partial charge in [0.2, 0.25) is 11.8 Å². The van der Waals surface area contributed by atoms with E-state index in [1.165, 1.54) is 5.56 Å². The molecular weight excluding hydrogens is 604 g/mol. The maximum Gasteiger partial charge on any atom is 0.224 e. The zero-order valence-electron chi connectivity index (χ0n) is 27.5. The SMILES string of the molecule is CN(Cc1ccccc1)C[C@H]1C[C@@H](c2ccc(CO)cc2)O[C@@H](c2ccc(NC(=O)CCCCCC(=O)Nc3ccccc3N)cc2)O1. The van der Waals surface area contributed by atoms with Gasteiger partial charge >= 0.3 is 0 Å². The maximum atomic E-state index is 12.6. The van der Waals surface area contributed by atoms with Crippen LogP contribution in [-0.2, 0) is 32.2 Å². The summed E-state index contributed by atoms with van der Waals surface area (Å²) in [5.74, 6) is -0.151. The molecule has 5 rings (SSSR count). The van der Waals surface area contributed by atoms with Crippen molar-refractivity contribution in [2.24, 2.45) is 0 Å². The molecule has 1 heterocycles. The van der Waals surface area contributed by atoms with Crippen LogP contribution in [0.15, 0.2) is 103 Å². The van der Waals surface area contributed by atoms with Crippen molar-refractivity contribution in [2.75, 3.05) is 30.0 Å². The highest BCUT2D eigenvalue weighted by atomic mass is 16.7. The van der Waals surface area contributed by atoms with Crippen LogP contribution in [0.4, 0.5) is 17.1 Å². The lowest BCUT2D eigenvalue weighted by Gasteiger charge is -2.38. The number of hydrogen-bond acceptors (Lipinski definition) is 7. The Bertz CT molecular complexity index is 1600. The molecule has 4 aromatic rings. The molecule has 9 nitrogen and oxygen atoms in total. The average Bonchev–Trinajstić information content (AvgIpc) is 3.09. The molecule has 0 radical (unpaired) electrons. The number of anilines is 3. The summed E-state index contributed by atoms with van der Waals surface area (Å²) >= 11 is 0. The highest BCUT2D eigenvalue weighted by molar-refractivity contribution is 5.93. The molecule has 252 valence electrons. The third-order valence-corrected chi connectivity index (χ3v) is 8.43. The quantitative estimate of drug-likeness (QED) is 0.0809. The average molecular weight is 651 g/mol. The first kappa shape index (κ1) is 34.8. The predicted octanol–water partition coefficient (Wildman–Crippen LogP) is 6.97. The van der Waals surface area contributed by atoms with Crippen LogP contribution >= 0.6 is 0 Å². The van der Waals surface area contributed by atoms with Gasteiger partial charge in [0.15, 0.2) is 6.29 Å². The van der Waals surface area contributed by atoms with Crippen LogP contribution in [0.25, 0.3) is 0 Å². The molecule has 0 aliphatic carbocycles. The van der Waals surface area contributed by atoms with Gasteiger partial charge in [0.25, 0.3) is 0 Å². The predicted molar refractivity (Wildman–Crippen MR) is 189 cm³/mol. The van der Waals surface area contributed by atoms with Gasteiger partial charge in [-0.05, 0) is 60.8 Å². The first-order valence-electron chi connectivity index (χ1n) is 16.6. The van der Waals surface area contributed by atoms with Crippen LogP contribution in [0, 0.1) is 0 Å². The second-order valence-corrected chi connectivity index (χ2v) is 12.4. The van der Waals surface area contributed by atoms with Crippen molar-refractivity contribution in [1.82, 2.24) is 4.90 Å². The Morgan fingerprint density at radius 1 is 0.771 bits per heavy atom. The van der Waals surface area contributed by atoms with E-state index < -0.39 is 6.29 Å². The van der Waals surface area contributed by atoms with E-state index >= 15 is 0 Å². The number of nitrogens with one attached hydrogen (secondary N) is 2. The molecule has 2 amide bonds. The highest BCUT2D eigenvalue weighted by Gasteiger charge is 2.32. The van der Waals surface area contributed by atoms with Crippen molar-refractivity contribution >= 4 is 28.9 Å². The smallest absolute Gasteiger partial charge is 0.224 e. The number of carbonyl (C=O) groups is 2. The first-order valence-corrected chi connectivity index (χ1v) is 16.6. The normalized spacial score (nSPS) is 17.6. The molecule has 3 atom stereocenters. The molecule has 1 saturated heterocycles. The number of carbonyl (C=O) groups excluding carboxylic acids is 2. The van der Waals surface area contributed by atoms with Gasteiger partial charge in [0.1, 0.15) is 0 Å². The molecule has 4 aromatic carbocycles. The lowest BCUT2D eigenvalue weighted by molar-refractivity contribution is -0.252. The number of unbranched alkanes of at least 4 members (excludes halogenated alkanes) is 2. The number of likely N-dealkylation sites (N-methyl/N-ethyl adjacent to an activating group) is 1. The molecule has 48 heavy (non-hydrogen) atoms. The van der Waals surface area contributed by atoms with Gasteiger partial charge in [-0.15, -0.1) is 0 Å². The maximum absolute atomic E-state index is 12.6. The zero-order valence-corrected chi connectivity index (χ0v) is 27.5. The molecule has 1 aliphatic rings. The fourth-order valence-corrected chi connectivity index (χ4v) is 5.86. The summed E-state index contributed by atoms with van der Waals surface area (Å²) in [5, 5.41) is 15.3. The van der Waals surface area contributed by atoms with Crippen molar-refractivity contribution in [3.05, 3.63) is 125 Å². The molecule has 0 bridgehead atoms. The Hall–Kier alpha value is -4.54. The number of nitrogens with two attached hydrogens (primary N) is 1. The van der Waals surface area contributed by atoms with Crippen molar-refractivity contribution < 1.29 is 24.2 Å². The number of aliphatic hydroxyl groups excluding tert-OH is 1. The van der Waals surface area contributed by atoms with Crippen LogP contribution in [0.5, 0.6) is 0 Å². The summed E-state index contributed by atoms with van der Waals surface area (Å²) in [7, 11) is 2.10. The number of para-hydroxylation sites is 2. The van der Waals surface area contributed by atoms with Crippen molar-refractivity contribution in [3.63, 3.8) is 0 Å². The van der Waals surface area contributed by atoms with Gasteiger partial charge in [0, 0.05) is 43.6 Å². The Morgan fingerprint density at radius 3 is 2.10 bits per heavy atom. The minimum absolute atomic E-state index is 0.00247. The van der Waals surface area contributed by atoms with Crippen molar-refractivity contribution in [2.45, 2.75) is 70.2 Å². The largest absolute Gasteiger partial charge is 0.397 e. The lowest BCUT2D eigenvalue weighted by Crippen LogP contribution is -2.37. The topological polar surface area (TPSA) is 126 Å². The summed E-state index contributed by atoms with van der Waals surface area (Å²) < 4.78 is 13.0. The number of ether oxygens (including phenoxy) is 2. The van der Waals surface area contributed by atoms with Crippen LogP contribution in [0.3, 0.4) is 0 Å². The molecule has 9 heteroatoms. The molecule has 1 aliphatic heterocycles. The molecule has 5 N–H and O–H groups in total. The van der Waals surface area contributed by atoms with Gasteiger partial charge < -0.3 is 30.9 Å². The number of hydrogen-bond donors (Lipinski definition) is 4. The third kappa shape index (κ3) is 10.5. The highest BCUT2D eigenvalue weighted by Crippen LogP contribution is 2.38. The summed E-state index contributed by atoms with van der Waals surface area (Å²) in [6.45, 7) is 1.55. The molecule has 0 saturated carbocycles. The van der Waals surface area contributed by atoms with Gasteiger partial charge in [-0.3, -0.25) is 14.5 Å². The van der Waals surface area contributed by atoms with E-state index in [1.807, 2.05) is 66.7 Å². The van der Waals surface area contributed by atoms with Gasteiger partial charge in [-0.2, -0.15) is 0 Å². The van der Waals surface area contributed by atoms with E-state index in [4.69, 9.17) is 15.2 Å². The second kappa shape index (κ2) is 17.6. The van der Waals surface area contributed by atoms with E-state index in [2.05, 4.69) is 46.8 Å². The fraction of sp³-hybridized carbons (Fsp3) is 0.333. The minimum atomic E-state index is -0.573. The van der Waals surface area contributed by atoms with Crippen LogP contribution in [-0.4, -0.2) is 41.5 Å². The van der Waals surface area contributed by atoms with E-state index in [0.29, 0.717) is 49.2 Å². The first-order chi connectivity index (χ1) is 23.4. The standard InChI is InChI=1S/C39H46N4O5/c1-43(25-28-10-4-2-5-11-28)26-33-24-36(30-18-16-29(27-44)17-19-30)48-39(47-33)31-20-22-32(23-21-31)41-37(45)14-6-3-7-15-38(46)42-35-13-9-8-12-34(35)40/h2,4-5,8-13,16-23,33,36,39,44H,3,6-7,14-15,24-27,40H2,1H3,(H,41,45)(H,42,46)/t33-,36+,39+/m1/s1. The number of nitrogens with zero attached hydrogens (tertiary/aromatic N) is 1. The Balaban J connectivity index is 1.12. The summed E-state index contributed by atoms with van der Waals surface area (Å²) in [6, 6.07) is 33.0. The Kier molecular flexibility index (Phi) is 12.7. The van der Waals surface area contributed by atoms with Crippen LogP contribution in [0.1, 0.15) is 73.2 Å². The number of amides is 2. The molecular formula is C39H46N4O5. The van der Waals surface area contributed by atoms with Gasteiger partial charge in [-0.1, -0.05) is 85.3 Å². The molecule has 0 spiro atoms. The number of rotatable bonds is 15. The minimum Gasteiger partial charge on any atom is -0.397 e. The Labute approximate surface area is 283 Å². The summed E-state index contributed by atoms with van der Waals surface area (Å²) in [4.78, 5) is 27.1. The van der Waals surface area contributed by atoms with Crippen molar-refractivity contribution in [1.29, 1.82) is 0 Å². The molecule has 1 fully saturated rings. The van der Waals surface area contributed by atoms with Crippen LogP contribution < -0.4 is 16.4 Å². The monoisotopic (exact) mass is 650 g/mol. The summed E-state index contributed by atoms with van der Waals surface area (Å²) in [6.07, 6.45) is 2.79. The van der Waals surface area contributed by atoms with Crippen LogP contribution in [0.2, 0.25) is 0 Å². The van der Waals surface area contributed by atoms with E-state index in [0.717, 1.165) is 36.2 Å². The Morgan fingerprint density at radius 2 is 1.42 bits per heavy atom. The van der Waals surface area contributed by atoms with Crippen molar-refractivity contribution in [3.8, 4) is 0 Å². The molecule has 0 aromatic heterocycles. The number of benzene rings is 4. The van der Waals surface area contributed by atoms with E-state index in [9.17, 15) is 14.7 Å².